The molecular weight excluding hydrogens is 307 g/mol. The number of rotatable bonds is 4. The van der Waals surface area contributed by atoms with Crippen LogP contribution in [0.3, 0.4) is 0 Å². The summed E-state index contributed by atoms with van der Waals surface area (Å²) in [7, 11) is 3.81. The van der Waals surface area contributed by atoms with Gasteiger partial charge in [-0.15, -0.1) is 0 Å². The second kappa shape index (κ2) is 6.68. The number of hydrogen-bond acceptors (Lipinski definition) is 2. The number of nitrogens with zero attached hydrogens (tertiary/aromatic N) is 2. The fourth-order valence-corrected chi connectivity index (χ4v) is 1.99. The van der Waals surface area contributed by atoms with Crippen LogP contribution in [0.25, 0.3) is 0 Å². The Bertz CT molecular complexity index is 682. The normalized spacial score (nSPS) is 11.2. The van der Waals surface area contributed by atoms with Crippen LogP contribution < -0.4 is 14.8 Å². The lowest BCUT2D eigenvalue weighted by atomic mass is 10.2. The van der Waals surface area contributed by atoms with Crippen molar-refractivity contribution in [3.63, 3.8) is 0 Å². The quantitative estimate of drug-likeness (QED) is 0.878. The molecule has 1 heterocycles. The Kier molecular flexibility index (Phi) is 4.88. The lowest BCUT2D eigenvalue weighted by Crippen LogP contribution is -2.39. The molecule has 1 amide bonds. The molecule has 2 aromatic rings. The van der Waals surface area contributed by atoms with Gasteiger partial charge in [0.1, 0.15) is 0 Å². The van der Waals surface area contributed by atoms with Crippen molar-refractivity contribution in [2.24, 2.45) is 0 Å². The Labute approximate surface area is 132 Å². The predicted octanol–water partition coefficient (Wildman–Crippen LogP) is 2.70. The molecule has 0 aliphatic rings. The summed E-state index contributed by atoms with van der Waals surface area (Å²) in [5.41, 5.74) is 0.313. The molecule has 0 saturated heterocycles. The summed E-state index contributed by atoms with van der Waals surface area (Å²) in [6, 6.07) is 8.25. The predicted molar refractivity (Wildman–Crippen MR) is 81.0 cm³/mol. The molecule has 0 atom stereocenters. The topological polar surface area (TPSA) is 36.2 Å². The number of anilines is 2. The molecule has 0 bridgehead atoms. The third-order valence-electron chi connectivity index (χ3n) is 3.19. The molecule has 0 saturated carbocycles. The van der Waals surface area contributed by atoms with Crippen molar-refractivity contribution in [3.8, 4) is 0 Å². The second-order valence-corrected chi connectivity index (χ2v) is 5.25. The van der Waals surface area contributed by atoms with Crippen LogP contribution in [0.15, 0.2) is 48.8 Å². The average Bonchev–Trinajstić information content (AvgIpc) is 2.47. The van der Waals surface area contributed by atoms with Crippen LogP contribution in [0.4, 0.5) is 24.5 Å². The SMILES string of the molecule is CN(C)c1cc[n+](CC(=O)Nc2cccc(C(F)(F)F)c2)cc1. The zero-order valence-electron chi connectivity index (χ0n) is 12.8. The number of hydrogen-bond donors (Lipinski definition) is 1. The van der Waals surface area contributed by atoms with Gasteiger partial charge in [-0.05, 0) is 18.2 Å². The van der Waals surface area contributed by atoms with Gasteiger partial charge in [-0.2, -0.15) is 17.7 Å². The van der Waals surface area contributed by atoms with Crippen molar-refractivity contribution in [3.05, 3.63) is 54.4 Å². The monoisotopic (exact) mass is 324 g/mol. The van der Waals surface area contributed by atoms with Gasteiger partial charge in [-0.3, -0.25) is 4.79 Å². The minimum absolute atomic E-state index is 0.0178. The second-order valence-electron chi connectivity index (χ2n) is 5.25. The van der Waals surface area contributed by atoms with E-state index in [1.165, 1.54) is 12.1 Å². The number of halogens is 3. The number of pyridine rings is 1. The molecule has 1 aromatic carbocycles. The molecule has 0 spiro atoms. The maximum atomic E-state index is 12.6. The molecule has 122 valence electrons. The number of alkyl halides is 3. The van der Waals surface area contributed by atoms with E-state index in [4.69, 9.17) is 0 Å². The maximum Gasteiger partial charge on any atom is 0.416 e. The maximum absolute atomic E-state index is 12.6. The molecule has 23 heavy (non-hydrogen) atoms. The van der Waals surface area contributed by atoms with Crippen molar-refractivity contribution in [2.75, 3.05) is 24.3 Å². The van der Waals surface area contributed by atoms with Crippen LogP contribution in [-0.4, -0.2) is 20.0 Å². The smallest absolute Gasteiger partial charge is 0.377 e. The fourth-order valence-electron chi connectivity index (χ4n) is 1.99. The minimum atomic E-state index is -4.43. The number of carbonyl (C=O) groups is 1. The molecule has 4 nitrogen and oxygen atoms in total. The van der Waals surface area contributed by atoms with Gasteiger partial charge in [0.05, 0.1) is 5.56 Å². The van der Waals surface area contributed by atoms with E-state index in [0.29, 0.717) is 0 Å². The fraction of sp³-hybridized carbons (Fsp3) is 0.250. The first-order valence-electron chi connectivity index (χ1n) is 6.89. The summed E-state index contributed by atoms with van der Waals surface area (Å²) in [5.74, 6) is -0.396. The molecule has 1 aromatic heterocycles. The van der Waals surface area contributed by atoms with E-state index >= 15 is 0 Å². The van der Waals surface area contributed by atoms with Crippen LogP contribution >= 0.6 is 0 Å². The van der Waals surface area contributed by atoms with E-state index in [9.17, 15) is 18.0 Å². The molecule has 1 N–H and O–H groups in total. The summed E-state index contributed by atoms with van der Waals surface area (Å²) < 4.78 is 39.6. The van der Waals surface area contributed by atoms with E-state index in [-0.39, 0.29) is 12.2 Å². The van der Waals surface area contributed by atoms with Crippen LogP contribution in [0.2, 0.25) is 0 Å². The Balaban J connectivity index is 2.02. The summed E-state index contributed by atoms with van der Waals surface area (Å²) in [6.07, 6.45) is -0.959. The number of benzene rings is 1. The number of amides is 1. The van der Waals surface area contributed by atoms with Gasteiger partial charge in [0.25, 0.3) is 5.91 Å². The van der Waals surface area contributed by atoms with Gasteiger partial charge >= 0.3 is 6.18 Å². The Morgan fingerprint density at radius 3 is 2.39 bits per heavy atom. The van der Waals surface area contributed by atoms with Gasteiger partial charge in [0.15, 0.2) is 12.4 Å². The highest BCUT2D eigenvalue weighted by Gasteiger charge is 2.30. The van der Waals surface area contributed by atoms with Crippen LogP contribution in [-0.2, 0) is 17.5 Å². The van der Waals surface area contributed by atoms with Gasteiger partial charge in [0.2, 0.25) is 6.54 Å². The van der Waals surface area contributed by atoms with E-state index < -0.39 is 17.6 Å². The highest BCUT2D eigenvalue weighted by atomic mass is 19.4. The summed E-state index contributed by atoms with van der Waals surface area (Å²) in [6.45, 7) is 0.0178. The summed E-state index contributed by atoms with van der Waals surface area (Å²) in [5, 5.41) is 2.47. The number of aromatic nitrogens is 1. The molecule has 0 unspecified atom stereocenters. The highest BCUT2D eigenvalue weighted by Crippen LogP contribution is 2.30. The van der Waals surface area contributed by atoms with E-state index in [0.717, 1.165) is 17.8 Å². The van der Waals surface area contributed by atoms with Gasteiger partial charge < -0.3 is 10.2 Å². The van der Waals surface area contributed by atoms with Crippen LogP contribution in [0, 0.1) is 0 Å². The van der Waals surface area contributed by atoms with Crippen molar-refractivity contribution < 1.29 is 22.5 Å². The lowest BCUT2D eigenvalue weighted by Gasteiger charge is -2.11. The standard InChI is InChI=1S/C16H16F3N3O/c1-21(2)14-6-8-22(9-7-14)11-15(23)20-13-5-3-4-12(10-13)16(17,18)19/h3-10H,11H2,1-2H3/p+1. The first-order valence-corrected chi connectivity index (χ1v) is 6.89. The van der Waals surface area contributed by atoms with Crippen LogP contribution in [0.5, 0.6) is 0 Å². The van der Waals surface area contributed by atoms with Crippen LogP contribution in [0.1, 0.15) is 5.56 Å². The summed E-state index contributed by atoms with van der Waals surface area (Å²) in [4.78, 5) is 13.9. The molecule has 7 heteroatoms. The molecule has 0 aliphatic heterocycles. The van der Waals surface area contributed by atoms with Gasteiger partial charge in [-0.1, -0.05) is 6.07 Å². The van der Waals surface area contributed by atoms with E-state index in [2.05, 4.69) is 5.32 Å². The first kappa shape index (κ1) is 16.8. The lowest BCUT2D eigenvalue weighted by molar-refractivity contribution is -0.684. The zero-order chi connectivity index (χ0) is 17.0. The van der Waals surface area contributed by atoms with Crippen molar-refractivity contribution in [1.82, 2.24) is 0 Å². The first-order chi connectivity index (χ1) is 10.8. The van der Waals surface area contributed by atoms with E-state index in [1.807, 2.05) is 31.1 Å². The zero-order valence-corrected chi connectivity index (χ0v) is 12.8. The molecular formula is C16H17F3N3O+. The Morgan fingerprint density at radius 2 is 1.83 bits per heavy atom. The molecule has 0 fully saturated rings. The minimum Gasteiger partial charge on any atom is -0.377 e. The van der Waals surface area contributed by atoms with Crippen molar-refractivity contribution in [1.29, 1.82) is 0 Å². The third-order valence-corrected chi connectivity index (χ3v) is 3.19. The van der Waals surface area contributed by atoms with Crippen molar-refractivity contribution in [2.45, 2.75) is 12.7 Å². The number of nitrogens with one attached hydrogen (secondary N) is 1. The molecule has 0 radical (unpaired) electrons. The molecule has 2 rings (SSSR count). The van der Waals surface area contributed by atoms with E-state index in [1.54, 1.807) is 17.0 Å². The average molecular weight is 324 g/mol. The van der Waals surface area contributed by atoms with Gasteiger partial charge in [-0.25, -0.2) is 0 Å². The largest absolute Gasteiger partial charge is 0.416 e. The molecule has 0 aliphatic carbocycles. The highest BCUT2D eigenvalue weighted by molar-refractivity contribution is 5.89. The van der Waals surface area contributed by atoms with Crippen molar-refractivity contribution >= 4 is 17.3 Å². The number of carbonyl (C=O) groups excluding carboxylic acids is 1. The summed E-state index contributed by atoms with van der Waals surface area (Å²) >= 11 is 0. The Morgan fingerprint density at radius 1 is 1.17 bits per heavy atom. The Hall–Kier alpha value is -2.57. The van der Waals surface area contributed by atoms with Gasteiger partial charge in [0, 0.05) is 37.6 Å². The third kappa shape index (κ3) is 4.70.